The van der Waals surface area contributed by atoms with Gasteiger partial charge in [-0.1, -0.05) is 23.9 Å². The number of aryl methyl sites for hydroxylation is 1. The fourth-order valence-corrected chi connectivity index (χ4v) is 5.02. The van der Waals surface area contributed by atoms with Gasteiger partial charge < -0.3 is 10.1 Å². The van der Waals surface area contributed by atoms with E-state index in [-0.39, 0.29) is 24.1 Å². The van der Waals surface area contributed by atoms with Crippen molar-refractivity contribution in [2.75, 3.05) is 17.7 Å². The van der Waals surface area contributed by atoms with E-state index in [9.17, 15) is 9.59 Å². The van der Waals surface area contributed by atoms with Crippen LogP contribution in [0.15, 0.2) is 28.6 Å². The Balaban J connectivity index is 1.55. The number of aromatic nitrogens is 2. The van der Waals surface area contributed by atoms with Crippen LogP contribution in [-0.2, 0) is 20.7 Å². The lowest BCUT2D eigenvalue weighted by Crippen LogP contribution is -2.13. The van der Waals surface area contributed by atoms with Gasteiger partial charge in [0.15, 0.2) is 9.47 Å². The summed E-state index contributed by atoms with van der Waals surface area (Å²) in [5, 5.41) is 3.28. The van der Waals surface area contributed by atoms with E-state index in [1.165, 1.54) is 23.1 Å². The maximum absolute atomic E-state index is 12.2. The van der Waals surface area contributed by atoms with Gasteiger partial charge in [-0.05, 0) is 26.0 Å². The fourth-order valence-electron chi connectivity index (χ4n) is 2.18. The molecule has 0 bridgehead atoms. The van der Waals surface area contributed by atoms with Crippen molar-refractivity contribution >= 4 is 61.7 Å². The number of carbonyl (C=O) groups is 2. The molecule has 0 atom stereocenters. The highest BCUT2D eigenvalue weighted by molar-refractivity contribution is 8.01. The van der Waals surface area contributed by atoms with Crippen molar-refractivity contribution in [2.45, 2.75) is 24.6 Å². The number of ether oxygens (including phenoxy) is 1. The quantitative estimate of drug-likeness (QED) is 0.473. The number of amides is 1. The number of hydrogen-bond donors (Lipinski definition) is 1. The number of fused-ring (bicyclic) bond motifs is 1. The summed E-state index contributed by atoms with van der Waals surface area (Å²) in [7, 11) is 0. The number of anilines is 1. The first-order valence-electron chi connectivity index (χ1n) is 7.95. The van der Waals surface area contributed by atoms with Crippen molar-refractivity contribution in [3.05, 3.63) is 34.8 Å². The molecule has 2 aromatic heterocycles. The Morgan fingerprint density at radius 3 is 2.81 bits per heavy atom. The third-order valence-electron chi connectivity index (χ3n) is 3.35. The molecule has 3 rings (SSSR count). The van der Waals surface area contributed by atoms with Crippen molar-refractivity contribution in [1.29, 1.82) is 0 Å². The van der Waals surface area contributed by atoms with Crippen LogP contribution >= 0.6 is 34.4 Å². The van der Waals surface area contributed by atoms with Gasteiger partial charge in [-0.25, -0.2) is 9.97 Å². The summed E-state index contributed by atoms with van der Waals surface area (Å²) in [6.07, 6.45) is 0.174. The number of carbonyl (C=O) groups excluding carboxylic acids is 2. The van der Waals surface area contributed by atoms with Crippen LogP contribution in [0.3, 0.4) is 0 Å². The van der Waals surface area contributed by atoms with Gasteiger partial charge in [0, 0.05) is 4.88 Å². The second-order valence-corrected chi connectivity index (χ2v) is 8.63. The first kappa shape index (κ1) is 18.8. The summed E-state index contributed by atoms with van der Waals surface area (Å²) in [6.45, 7) is 3.94. The van der Waals surface area contributed by atoms with Crippen LogP contribution in [0.1, 0.15) is 17.5 Å². The maximum atomic E-state index is 12.2. The molecule has 2 heterocycles. The molecule has 1 N–H and O–H groups in total. The molecule has 6 nitrogen and oxygen atoms in total. The van der Waals surface area contributed by atoms with E-state index >= 15 is 0 Å². The smallest absolute Gasteiger partial charge is 0.311 e. The highest BCUT2D eigenvalue weighted by Crippen LogP contribution is 2.29. The van der Waals surface area contributed by atoms with E-state index in [4.69, 9.17) is 4.74 Å². The lowest BCUT2D eigenvalue weighted by Gasteiger charge is -2.00. The molecule has 0 radical (unpaired) electrons. The second kappa shape index (κ2) is 8.61. The van der Waals surface area contributed by atoms with Crippen LogP contribution in [0.5, 0.6) is 0 Å². The fraction of sp³-hybridized carbons (Fsp3) is 0.294. The van der Waals surface area contributed by atoms with Crippen LogP contribution in [0, 0.1) is 6.92 Å². The predicted molar refractivity (Wildman–Crippen MR) is 106 cm³/mol. The number of para-hydroxylation sites is 1. The largest absolute Gasteiger partial charge is 0.466 e. The molecule has 0 fully saturated rings. The third kappa shape index (κ3) is 4.80. The van der Waals surface area contributed by atoms with E-state index < -0.39 is 0 Å². The summed E-state index contributed by atoms with van der Waals surface area (Å²) < 4.78 is 6.91. The van der Waals surface area contributed by atoms with E-state index in [0.717, 1.165) is 25.1 Å². The van der Waals surface area contributed by atoms with E-state index in [2.05, 4.69) is 15.3 Å². The number of nitrogens with one attached hydrogen (secondary N) is 1. The van der Waals surface area contributed by atoms with Gasteiger partial charge in [0.1, 0.15) is 0 Å². The first-order valence-corrected chi connectivity index (χ1v) is 10.6. The Hall–Kier alpha value is -1.97. The zero-order chi connectivity index (χ0) is 18.5. The minimum atomic E-state index is -0.288. The van der Waals surface area contributed by atoms with Crippen LogP contribution < -0.4 is 5.32 Å². The van der Waals surface area contributed by atoms with Crippen molar-refractivity contribution in [2.24, 2.45) is 0 Å². The molecule has 9 heteroatoms. The average Bonchev–Trinajstić information content (AvgIpc) is 3.16. The molecule has 0 aliphatic heterocycles. The first-order chi connectivity index (χ1) is 12.5. The highest BCUT2D eigenvalue weighted by atomic mass is 32.2. The molecule has 26 heavy (non-hydrogen) atoms. The molecule has 0 saturated carbocycles. The molecule has 1 amide bonds. The molecule has 0 unspecified atom stereocenters. The standard InChI is InChI=1S/C17H17N3O3S3/c1-3-23-15(22)8-13-10(2)18-16(25-13)20-14(21)9-24-17-19-11-6-4-5-7-12(11)26-17/h4-7H,3,8-9H2,1-2H3,(H,18,20,21). The second-order valence-electron chi connectivity index (χ2n) is 5.29. The van der Waals surface area contributed by atoms with Crippen molar-refractivity contribution in [3.63, 3.8) is 0 Å². The number of hydrogen-bond acceptors (Lipinski definition) is 8. The molecule has 3 aromatic rings. The van der Waals surface area contributed by atoms with Crippen LogP contribution in [0.25, 0.3) is 10.2 Å². The zero-order valence-electron chi connectivity index (χ0n) is 14.3. The van der Waals surface area contributed by atoms with Gasteiger partial charge in [0.25, 0.3) is 0 Å². The van der Waals surface area contributed by atoms with Crippen molar-refractivity contribution < 1.29 is 14.3 Å². The van der Waals surface area contributed by atoms with E-state index in [0.29, 0.717) is 11.7 Å². The monoisotopic (exact) mass is 407 g/mol. The molecule has 0 saturated heterocycles. The molecule has 0 spiro atoms. The molecule has 0 aliphatic rings. The third-order valence-corrected chi connectivity index (χ3v) is 6.60. The highest BCUT2D eigenvalue weighted by Gasteiger charge is 2.15. The lowest BCUT2D eigenvalue weighted by atomic mass is 10.3. The molecule has 0 aliphatic carbocycles. The summed E-state index contributed by atoms with van der Waals surface area (Å²) in [6, 6.07) is 7.89. The number of thioether (sulfide) groups is 1. The van der Waals surface area contributed by atoms with E-state index in [1.54, 1.807) is 18.3 Å². The Kier molecular flexibility index (Phi) is 6.23. The van der Waals surface area contributed by atoms with Crippen LogP contribution in [0.2, 0.25) is 0 Å². The Bertz CT molecular complexity index is 903. The minimum absolute atomic E-state index is 0.148. The molecule has 136 valence electrons. The molecule has 1 aromatic carbocycles. The summed E-state index contributed by atoms with van der Waals surface area (Å²) in [5.41, 5.74) is 1.68. The Labute approximate surface area is 163 Å². The molecular weight excluding hydrogens is 390 g/mol. The van der Waals surface area contributed by atoms with Gasteiger partial charge in [-0.2, -0.15) is 0 Å². The molecular formula is C17H17N3O3S3. The lowest BCUT2D eigenvalue weighted by molar-refractivity contribution is -0.142. The Morgan fingerprint density at radius 2 is 2.04 bits per heavy atom. The number of esters is 1. The van der Waals surface area contributed by atoms with Crippen LogP contribution in [0.4, 0.5) is 5.13 Å². The van der Waals surface area contributed by atoms with Gasteiger partial charge in [0.2, 0.25) is 5.91 Å². The van der Waals surface area contributed by atoms with Crippen molar-refractivity contribution in [1.82, 2.24) is 9.97 Å². The van der Waals surface area contributed by atoms with E-state index in [1.807, 2.05) is 31.2 Å². The topological polar surface area (TPSA) is 81.2 Å². The maximum Gasteiger partial charge on any atom is 0.311 e. The number of thiazole rings is 2. The van der Waals surface area contributed by atoms with Crippen molar-refractivity contribution in [3.8, 4) is 0 Å². The normalized spacial score (nSPS) is 10.8. The Morgan fingerprint density at radius 1 is 1.23 bits per heavy atom. The number of rotatable bonds is 7. The SMILES string of the molecule is CCOC(=O)Cc1sc(NC(=O)CSc2nc3ccccc3s2)nc1C. The summed E-state index contributed by atoms with van der Waals surface area (Å²) in [5.74, 6) is -0.180. The minimum Gasteiger partial charge on any atom is -0.466 e. The van der Waals surface area contributed by atoms with Gasteiger partial charge in [-0.15, -0.1) is 22.7 Å². The predicted octanol–water partition coefficient (Wildman–Crippen LogP) is 3.90. The number of benzene rings is 1. The summed E-state index contributed by atoms with van der Waals surface area (Å²) in [4.78, 5) is 33.4. The van der Waals surface area contributed by atoms with Crippen LogP contribution in [-0.4, -0.2) is 34.2 Å². The average molecular weight is 408 g/mol. The zero-order valence-corrected chi connectivity index (χ0v) is 16.7. The summed E-state index contributed by atoms with van der Waals surface area (Å²) >= 11 is 4.27. The van der Waals surface area contributed by atoms with Gasteiger partial charge in [0.05, 0.1) is 34.7 Å². The van der Waals surface area contributed by atoms with Gasteiger partial charge >= 0.3 is 5.97 Å². The van der Waals surface area contributed by atoms with Gasteiger partial charge in [-0.3, -0.25) is 9.59 Å². The number of nitrogens with zero attached hydrogens (tertiary/aromatic N) is 2.